The zero-order chi connectivity index (χ0) is 16.9. The lowest BCUT2D eigenvalue weighted by molar-refractivity contribution is -0.384. The highest BCUT2D eigenvalue weighted by atomic mass is 16.6. The third kappa shape index (κ3) is 3.40. The predicted octanol–water partition coefficient (Wildman–Crippen LogP) is 0.197. The molecule has 11 heteroatoms. The van der Waals surface area contributed by atoms with Crippen molar-refractivity contribution in [2.45, 2.75) is 6.54 Å². The van der Waals surface area contributed by atoms with Crippen molar-refractivity contribution in [3.63, 3.8) is 0 Å². The van der Waals surface area contributed by atoms with E-state index in [0.717, 1.165) is 0 Å². The van der Waals surface area contributed by atoms with E-state index < -0.39 is 4.92 Å². The molecule has 2 heterocycles. The highest BCUT2D eigenvalue weighted by Gasteiger charge is 2.11. The molecule has 11 nitrogen and oxygen atoms in total. The minimum absolute atomic E-state index is 0.00871. The summed E-state index contributed by atoms with van der Waals surface area (Å²) in [6.07, 6.45) is 2.92. The average Bonchev–Trinajstić information content (AvgIpc) is 3.26. The molecule has 0 aliphatic rings. The Morgan fingerprint density at radius 3 is 2.71 bits per heavy atom. The monoisotopic (exact) mass is 328 g/mol. The van der Waals surface area contributed by atoms with Crippen LogP contribution in [0.5, 0.6) is 0 Å². The topological polar surface area (TPSA) is 134 Å². The molecule has 1 N–H and O–H groups in total. The number of hydrogen-bond donors (Lipinski definition) is 1. The SMILES string of the molecule is O=C(NCCn1ncnn1)c1ccn(-c2ccc([N+](=O)[O-])cc2)n1. The van der Waals surface area contributed by atoms with Gasteiger partial charge in [-0.3, -0.25) is 14.9 Å². The molecule has 0 spiro atoms. The summed E-state index contributed by atoms with van der Waals surface area (Å²) in [5, 5.41) is 28.6. The number of nitrogens with one attached hydrogen (secondary N) is 1. The minimum atomic E-state index is -0.476. The lowest BCUT2D eigenvalue weighted by atomic mass is 10.3. The fourth-order valence-corrected chi connectivity index (χ4v) is 1.97. The van der Waals surface area contributed by atoms with E-state index in [0.29, 0.717) is 18.8 Å². The Balaban J connectivity index is 1.61. The van der Waals surface area contributed by atoms with Crippen molar-refractivity contribution < 1.29 is 9.72 Å². The van der Waals surface area contributed by atoms with Gasteiger partial charge in [-0.15, -0.1) is 10.2 Å². The van der Waals surface area contributed by atoms with E-state index in [-0.39, 0.29) is 17.3 Å². The Hall–Kier alpha value is -3.63. The Morgan fingerprint density at radius 1 is 1.25 bits per heavy atom. The van der Waals surface area contributed by atoms with Gasteiger partial charge in [0.1, 0.15) is 0 Å². The maximum atomic E-state index is 12.0. The van der Waals surface area contributed by atoms with E-state index in [1.807, 2.05) is 0 Å². The second-order valence-electron chi connectivity index (χ2n) is 4.71. The lowest BCUT2D eigenvalue weighted by Gasteiger charge is -2.02. The fraction of sp³-hybridized carbons (Fsp3) is 0.154. The summed E-state index contributed by atoms with van der Waals surface area (Å²) in [7, 11) is 0. The Labute approximate surface area is 135 Å². The number of rotatable bonds is 6. The second kappa shape index (κ2) is 6.64. The van der Waals surface area contributed by atoms with Crippen LogP contribution in [-0.4, -0.2) is 47.4 Å². The van der Waals surface area contributed by atoms with Gasteiger partial charge in [-0.05, 0) is 23.4 Å². The first-order valence-electron chi connectivity index (χ1n) is 6.93. The minimum Gasteiger partial charge on any atom is -0.349 e. The van der Waals surface area contributed by atoms with E-state index in [4.69, 9.17) is 0 Å². The molecule has 0 saturated carbocycles. The number of carbonyl (C=O) groups excluding carboxylic acids is 1. The van der Waals surface area contributed by atoms with Crippen molar-refractivity contribution in [1.82, 2.24) is 35.3 Å². The van der Waals surface area contributed by atoms with Crippen molar-refractivity contribution in [2.75, 3.05) is 6.54 Å². The van der Waals surface area contributed by atoms with Gasteiger partial charge in [0.2, 0.25) is 0 Å². The molecule has 0 atom stereocenters. The van der Waals surface area contributed by atoms with Crippen molar-refractivity contribution in [3.05, 3.63) is 58.7 Å². The van der Waals surface area contributed by atoms with Crippen LogP contribution in [-0.2, 0) is 6.54 Å². The van der Waals surface area contributed by atoms with Crippen molar-refractivity contribution >= 4 is 11.6 Å². The standard InChI is InChI=1S/C13H12N8O3/c22-13(14-6-8-20-16-9-15-18-20)12-5-7-19(17-12)10-1-3-11(4-2-10)21(23)24/h1-5,7,9H,6,8H2,(H,14,22). The molecule has 0 saturated heterocycles. The molecule has 0 bridgehead atoms. The van der Waals surface area contributed by atoms with Crippen LogP contribution >= 0.6 is 0 Å². The van der Waals surface area contributed by atoms with Crippen molar-refractivity contribution in [3.8, 4) is 5.69 Å². The van der Waals surface area contributed by atoms with E-state index in [1.54, 1.807) is 24.4 Å². The Kier molecular flexibility index (Phi) is 4.23. The van der Waals surface area contributed by atoms with Gasteiger partial charge in [-0.2, -0.15) is 9.90 Å². The number of tetrazole rings is 1. The molecule has 3 aromatic rings. The zero-order valence-electron chi connectivity index (χ0n) is 12.3. The Bertz CT molecular complexity index is 840. The quantitative estimate of drug-likeness (QED) is 0.504. The first kappa shape index (κ1) is 15.3. The third-order valence-corrected chi connectivity index (χ3v) is 3.14. The number of carbonyl (C=O) groups is 1. The van der Waals surface area contributed by atoms with Gasteiger partial charge in [0.05, 0.1) is 17.2 Å². The number of nitro benzene ring substituents is 1. The van der Waals surface area contributed by atoms with Crippen LogP contribution < -0.4 is 5.32 Å². The molecule has 122 valence electrons. The highest BCUT2D eigenvalue weighted by Crippen LogP contribution is 2.14. The molecule has 0 unspecified atom stereocenters. The van der Waals surface area contributed by atoms with Gasteiger partial charge < -0.3 is 5.32 Å². The van der Waals surface area contributed by atoms with Crippen LogP contribution in [0.15, 0.2) is 42.9 Å². The average molecular weight is 328 g/mol. The number of nitro groups is 1. The molecule has 24 heavy (non-hydrogen) atoms. The van der Waals surface area contributed by atoms with Gasteiger partial charge in [-0.1, -0.05) is 0 Å². The highest BCUT2D eigenvalue weighted by molar-refractivity contribution is 5.92. The number of benzene rings is 1. The molecule has 2 aromatic heterocycles. The molecule has 0 aliphatic heterocycles. The van der Waals surface area contributed by atoms with Gasteiger partial charge in [-0.25, -0.2) is 4.68 Å². The molecule has 3 rings (SSSR count). The van der Waals surface area contributed by atoms with E-state index in [9.17, 15) is 14.9 Å². The van der Waals surface area contributed by atoms with Crippen LogP contribution in [0.4, 0.5) is 5.69 Å². The molecule has 0 aliphatic carbocycles. The van der Waals surface area contributed by atoms with Gasteiger partial charge in [0.15, 0.2) is 12.0 Å². The van der Waals surface area contributed by atoms with E-state index in [2.05, 4.69) is 25.8 Å². The summed E-state index contributed by atoms with van der Waals surface area (Å²) in [5.74, 6) is -0.337. The number of nitrogens with zero attached hydrogens (tertiary/aromatic N) is 7. The number of non-ortho nitro benzene ring substituents is 1. The summed E-state index contributed by atoms with van der Waals surface area (Å²) in [4.78, 5) is 23.5. The van der Waals surface area contributed by atoms with E-state index in [1.165, 1.54) is 27.9 Å². The van der Waals surface area contributed by atoms with Gasteiger partial charge in [0.25, 0.3) is 11.6 Å². The molecule has 0 radical (unpaired) electrons. The first-order valence-corrected chi connectivity index (χ1v) is 6.93. The van der Waals surface area contributed by atoms with Crippen LogP contribution in [0.3, 0.4) is 0 Å². The third-order valence-electron chi connectivity index (χ3n) is 3.14. The summed E-state index contributed by atoms with van der Waals surface area (Å²) in [5.41, 5.74) is 0.844. The summed E-state index contributed by atoms with van der Waals surface area (Å²) < 4.78 is 1.47. The summed E-state index contributed by atoms with van der Waals surface area (Å²) >= 11 is 0. The number of hydrogen-bond acceptors (Lipinski definition) is 7. The summed E-state index contributed by atoms with van der Waals surface area (Å²) in [6.45, 7) is 0.731. The smallest absolute Gasteiger partial charge is 0.271 e. The van der Waals surface area contributed by atoms with Crippen molar-refractivity contribution in [1.29, 1.82) is 0 Å². The maximum Gasteiger partial charge on any atom is 0.271 e. The molecular formula is C13H12N8O3. The van der Waals surface area contributed by atoms with E-state index >= 15 is 0 Å². The number of amides is 1. The first-order chi connectivity index (χ1) is 11.6. The normalized spacial score (nSPS) is 10.5. The fourth-order valence-electron chi connectivity index (χ4n) is 1.97. The molecule has 1 aromatic carbocycles. The number of aromatic nitrogens is 6. The predicted molar refractivity (Wildman–Crippen MR) is 80.4 cm³/mol. The zero-order valence-corrected chi connectivity index (χ0v) is 12.3. The van der Waals surface area contributed by atoms with Gasteiger partial charge in [0, 0.05) is 24.9 Å². The Morgan fingerprint density at radius 2 is 2.04 bits per heavy atom. The molecule has 0 fully saturated rings. The summed E-state index contributed by atoms with van der Waals surface area (Å²) in [6, 6.07) is 7.43. The van der Waals surface area contributed by atoms with Gasteiger partial charge >= 0.3 is 0 Å². The largest absolute Gasteiger partial charge is 0.349 e. The molecular weight excluding hydrogens is 316 g/mol. The van der Waals surface area contributed by atoms with Crippen LogP contribution in [0, 0.1) is 10.1 Å². The lowest BCUT2D eigenvalue weighted by Crippen LogP contribution is -2.28. The van der Waals surface area contributed by atoms with Crippen molar-refractivity contribution in [2.24, 2.45) is 0 Å². The maximum absolute atomic E-state index is 12.0. The van der Waals surface area contributed by atoms with Crippen LogP contribution in [0.25, 0.3) is 5.69 Å². The van der Waals surface area contributed by atoms with Crippen LogP contribution in [0.1, 0.15) is 10.5 Å². The molecule has 1 amide bonds. The van der Waals surface area contributed by atoms with Crippen LogP contribution in [0.2, 0.25) is 0 Å². The second-order valence-corrected chi connectivity index (χ2v) is 4.71.